The van der Waals surface area contributed by atoms with Crippen LogP contribution in [0.25, 0.3) is 18.7 Å². The molecule has 0 bridgehead atoms. The van der Waals surface area contributed by atoms with E-state index in [1.807, 2.05) is 0 Å². The molecule has 128 valence electrons. The second-order valence-electron chi connectivity index (χ2n) is 6.59. The molecular weight excluding hydrogens is 302 g/mol. The van der Waals surface area contributed by atoms with E-state index in [4.69, 9.17) is 0 Å². The predicted molar refractivity (Wildman–Crippen MR) is 111 cm³/mol. The fraction of sp³-hybridized carbons (Fsp3) is 0.250. The fourth-order valence-electron chi connectivity index (χ4n) is 3.31. The van der Waals surface area contributed by atoms with Crippen molar-refractivity contribution in [3.05, 3.63) is 81.8 Å². The molecular formula is C24H27N. The van der Waals surface area contributed by atoms with Crippen molar-refractivity contribution in [2.24, 2.45) is 0 Å². The summed E-state index contributed by atoms with van der Waals surface area (Å²) >= 11 is 0. The summed E-state index contributed by atoms with van der Waals surface area (Å²) in [6.07, 6.45) is 9.17. The van der Waals surface area contributed by atoms with Crippen LogP contribution in [0.1, 0.15) is 32.3 Å². The van der Waals surface area contributed by atoms with E-state index in [1.54, 1.807) is 0 Å². The molecule has 0 amide bonds. The fourth-order valence-corrected chi connectivity index (χ4v) is 3.31. The second kappa shape index (κ2) is 8.02. The molecule has 2 aromatic carbocycles. The number of hydrogen-bond acceptors (Lipinski definition) is 1. The lowest BCUT2D eigenvalue weighted by Gasteiger charge is -2.20. The van der Waals surface area contributed by atoms with Gasteiger partial charge < -0.3 is 4.90 Å². The number of benzene rings is 2. The molecule has 0 atom stereocenters. The monoisotopic (exact) mass is 329 g/mol. The smallest absolute Gasteiger partial charge is 0.0366 e. The minimum Gasteiger partial charge on any atom is -0.372 e. The topological polar surface area (TPSA) is 3.24 Å². The van der Waals surface area contributed by atoms with Crippen LogP contribution in [0.5, 0.6) is 0 Å². The minimum atomic E-state index is 1.05. The maximum Gasteiger partial charge on any atom is 0.0366 e. The summed E-state index contributed by atoms with van der Waals surface area (Å²) in [6, 6.07) is 17.3. The van der Waals surface area contributed by atoms with Crippen molar-refractivity contribution in [1.82, 2.24) is 0 Å². The Morgan fingerprint density at radius 2 is 1.56 bits per heavy atom. The summed E-state index contributed by atoms with van der Waals surface area (Å²) in [5, 5.41) is 2.31. The van der Waals surface area contributed by atoms with E-state index in [2.05, 4.69) is 92.1 Å². The highest BCUT2D eigenvalue weighted by atomic mass is 15.1. The summed E-state index contributed by atoms with van der Waals surface area (Å²) in [7, 11) is 0. The molecule has 0 heterocycles. The predicted octanol–water partition coefficient (Wildman–Crippen LogP) is 4.53. The average Bonchev–Trinajstić information content (AvgIpc) is 3.06. The van der Waals surface area contributed by atoms with Gasteiger partial charge >= 0.3 is 0 Å². The highest BCUT2D eigenvalue weighted by Crippen LogP contribution is 2.26. The molecule has 0 saturated heterocycles. The zero-order valence-electron chi connectivity index (χ0n) is 15.3. The van der Waals surface area contributed by atoms with Gasteiger partial charge in [0.1, 0.15) is 0 Å². The maximum absolute atomic E-state index is 3.94. The Morgan fingerprint density at radius 1 is 0.880 bits per heavy atom. The molecule has 0 unspecified atom stereocenters. The van der Waals surface area contributed by atoms with Crippen LogP contribution in [0, 0.1) is 0 Å². The van der Waals surface area contributed by atoms with Gasteiger partial charge in [-0.05, 0) is 66.0 Å². The number of allylic oxidation sites excluding steroid dienone is 3. The van der Waals surface area contributed by atoms with Crippen LogP contribution < -0.4 is 15.3 Å². The van der Waals surface area contributed by atoms with Crippen LogP contribution in [-0.4, -0.2) is 13.1 Å². The quantitative estimate of drug-likeness (QED) is 0.779. The molecule has 1 aliphatic rings. The molecule has 3 rings (SSSR count). The first-order valence-corrected chi connectivity index (χ1v) is 9.21. The molecule has 0 aliphatic heterocycles. The lowest BCUT2D eigenvalue weighted by Crippen LogP contribution is -2.21. The highest BCUT2D eigenvalue weighted by molar-refractivity contribution is 5.64. The Bertz CT molecular complexity index is 857. The van der Waals surface area contributed by atoms with Gasteiger partial charge in [0, 0.05) is 18.8 Å². The third-order valence-electron chi connectivity index (χ3n) is 4.78. The Labute approximate surface area is 151 Å². The molecule has 1 nitrogen and oxygen atoms in total. The first-order chi connectivity index (χ1) is 12.2. The third-order valence-corrected chi connectivity index (χ3v) is 4.78. The van der Waals surface area contributed by atoms with Crippen LogP contribution in [0.15, 0.2) is 65.8 Å². The van der Waals surface area contributed by atoms with Gasteiger partial charge in [-0.1, -0.05) is 61.2 Å². The first kappa shape index (κ1) is 17.3. The number of rotatable bonds is 5. The van der Waals surface area contributed by atoms with Crippen molar-refractivity contribution < 1.29 is 0 Å². The molecule has 1 heteroatoms. The molecule has 0 radical (unpaired) electrons. The van der Waals surface area contributed by atoms with Gasteiger partial charge in [0.2, 0.25) is 0 Å². The van der Waals surface area contributed by atoms with E-state index in [0.717, 1.165) is 31.1 Å². The summed E-state index contributed by atoms with van der Waals surface area (Å²) < 4.78 is 0. The van der Waals surface area contributed by atoms with E-state index in [9.17, 15) is 0 Å². The Balaban J connectivity index is 1.76. The molecule has 0 aromatic heterocycles. The number of nitrogens with zero attached hydrogens (tertiary/aromatic N) is 1. The van der Waals surface area contributed by atoms with E-state index < -0.39 is 0 Å². The van der Waals surface area contributed by atoms with Gasteiger partial charge in [-0.15, -0.1) is 0 Å². The van der Waals surface area contributed by atoms with Crippen LogP contribution in [0.3, 0.4) is 0 Å². The molecule has 0 saturated carbocycles. The van der Waals surface area contributed by atoms with Crippen molar-refractivity contribution >= 4 is 24.4 Å². The zero-order valence-corrected chi connectivity index (χ0v) is 15.3. The van der Waals surface area contributed by atoms with Gasteiger partial charge in [-0.3, -0.25) is 0 Å². The Hall–Kier alpha value is -2.54. The first-order valence-electron chi connectivity index (χ1n) is 9.21. The van der Waals surface area contributed by atoms with Gasteiger partial charge in [0.25, 0.3) is 0 Å². The largest absolute Gasteiger partial charge is 0.372 e. The van der Waals surface area contributed by atoms with Gasteiger partial charge in [0.05, 0.1) is 0 Å². The van der Waals surface area contributed by atoms with Crippen LogP contribution in [0.2, 0.25) is 0 Å². The summed E-state index contributed by atoms with van der Waals surface area (Å²) in [6.45, 7) is 10.4. The lowest BCUT2D eigenvalue weighted by atomic mass is 10.1. The van der Waals surface area contributed by atoms with Crippen molar-refractivity contribution in [2.45, 2.75) is 26.7 Å². The summed E-state index contributed by atoms with van der Waals surface area (Å²) in [5.41, 5.74) is 5.40. The zero-order chi connectivity index (χ0) is 17.6. The van der Waals surface area contributed by atoms with E-state index in [-0.39, 0.29) is 0 Å². The minimum absolute atomic E-state index is 1.05. The molecule has 1 aliphatic carbocycles. The van der Waals surface area contributed by atoms with Crippen LogP contribution >= 0.6 is 0 Å². The Kier molecular flexibility index (Phi) is 5.55. The van der Waals surface area contributed by atoms with Gasteiger partial charge in [0.15, 0.2) is 0 Å². The van der Waals surface area contributed by atoms with Crippen molar-refractivity contribution in [1.29, 1.82) is 0 Å². The van der Waals surface area contributed by atoms with Crippen molar-refractivity contribution in [3.63, 3.8) is 0 Å². The molecule has 0 spiro atoms. The average molecular weight is 329 g/mol. The highest BCUT2D eigenvalue weighted by Gasteiger charge is 2.07. The second-order valence-corrected chi connectivity index (χ2v) is 6.59. The molecule has 25 heavy (non-hydrogen) atoms. The van der Waals surface area contributed by atoms with E-state index in [0.29, 0.717) is 0 Å². The molecule has 2 aromatic rings. The van der Waals surface area contributed by atoms with Crippen LogP contribution in [0.4, 0.5) is 5.69 Å². The molecule has 0 fully saturated rings. The van der Waals surface area contributed by atoms with Gasteiger partial charge in [-0.2, -0.15) is 0 Å². The van der Waals surface area contributed by atoms with E-state index >= 15 is 0 Å². The SMILES string of the molecule is C=c1ccc(=CC2=C/C(=C/c3ccc(N(CC)CC)cc3)CC2)cc1. The lowest BCUT2D eigenvalue weighted by molar-refractivity contribution is 0.866. The maximum atomic E-state index is 3.94. The summed E-state index contributed by atoms with van der Waals surface area (Å²) in [5.74, 6) is 0. The standard InChI is InChI=1S/C24H27N/c1-4-25(5-2)24-14-12-21(13-15-24)17-23-11-10-22(18-23)16-20-8-6-19(3)7-9-20/h6-9,12-18H,3-5,10-11H2,1-2H3/b23-17+. The Morgan fingerprint density at radius 3 is 2.20 bits per heavy atom. The van der Waals surface area contributed by atoms with Gasteiger partial charge in [-0.25, -0.2) is 0 Å². The number of hydrogen-bond donors (Lipinski definition) is 0. The van der Waals surface area contributed by atoms with E-state index in [1.165, 1.54) is 27.6 Å². The van der Waals surface area contributed by atoms with Crippen LogP contribution in [-0.2, 0) is 0 Å². The number of anilines is 1. The van der Waals surface area contributed by atoms with Crippen molar-refractivity contribution in [3.8, 4) is 0 Å². The van der Waals surface area contributed by atoms with Crippen molar-refractivity contribution in [2.75, 3.05) is 18.0 Å². The third kappa shape index (κ3) is 4.51. The summed E-state index contributed by atoms with van der Waals surface area (Å²) in [4.78, 5) is 2.37. The normalized spacial score (nSPS) is 15.3. The molecule has 0 N–H and O–H groups in total.